The fraction of sp³-hybridized carbons (Fsp3) is 0.586. The largest absolute Gasteiger partial charge is 0.378 e. The van der Waals surface area contributed by atoms with Gasteiger partial charge in [-0.05, 0) is 62.9 Å². The maximum absolute atomic E-state index is 5.73. The third-order valence-corrected chi connectivity index (χ3v) is 7.98. The molecule has 7 nitrogen and oxygen atoms in total. The molecule has 0 N–H and O–H groups in total. The normalized spacial score (nSPS) is 19.9. The number of hydrogen-bond donors (Lipinski definition) is 0. The topological polar surface area (TPSA) is 49.1 Å². The number of pyridine rings is 2. The predicted octanol–water partition coefficient (Wildman–Crippen LogP) is 4.87. The number of anilines is 1. The van der Waals surface area contributed by atoms with Gasteiger partial charge in [-0.1, -0.05) is 26.0 Å². The molecule has 0 bridgehead atoms. The summed E-state index contributed by atoms with van der Waals surface area (Å²) >= 11 is 0. The Morgan fingerprint density at radius 2 is 1.81 bits per heavy atom. The van der Waals surface area contributed by atoms with Gasteiger partial charge < -0.3 is 9.64 Å². The fourth-order valence-electron chi connectivity index (χ4n) is 6.02. The molecule has 3 aromatic heterocycles. The lowest BCUT2D eigenvalue weighted by Gasteiger charge is -2.38. The average Bonchev–Trinajstić information content (AvgIpc) is 3.49. The van der Waals surface area contributed by atoms with Crippen LogP contribution in [0.4, 0.5) is 5.82 Å². The second kappa shape index (κ2) is 10.9. The molecule has 0 radical (unpaired) electrons. The quantitative estimate of drug-likeness (QED) is 0.449. The molecule has 0 aromatic carbocycles. The third kappa shape index (κ3) is 4.89. The van der Waals surface area contributed by atoms with E-state index in [1.165, 1.54) is 29.2 Å². The van der Waals surface area contributed by atoms with Crippen LogP contribution in [0.2, 0.25) is 0 Å². The van der Waals surface area contributed by atoms with Gasteiger partial charge in [0.2, 0.25) is 0 Å². The van der Waals surface area contributed by atoms with Gasteiger partial charge in [0.25, 0.3) is 0 Å². The zero-order valence-electron chi connectivity index (χ0n) is 22.7. The summed E-state index contributed by atoms with van der Waals surface area (Å²) in [4.78, 5) is 17.7. The first-order valence-corrected chi connectivity index (χ1v) is 13.6. The molecule has 3 aromatic rings. The van der Waals surface area contributed by atoms with Crippen molar-refractivity contribution in [2.75, 3.05) is 44.7 Å². The molecule has 0 spiro atoms. The van der Waals surface area contributed by atoms with Crippen LogP contribution in [0.3, 0.4) is 0 Å². The van der Waals surface area contributed by atoms with E-state index in [1.54, 1.807) is 7.11 Å². The Morgan fingerprint density at radius 1 is 1.00 bits per heavy atom. The van der Waals surface area contributed by atoms with Gasteiger partial charge in [0.05, 0.1) is 29.7 Å². The number of ether oxygens (including phenoxy) is 1. The number of likely N-dealkylation sites (tertiary alicyclic amines) is 1. The van der Waals surface area contributed by atoms with E-state index < -0.39 is 0 Å². The Hall–Kier alpha value is -2.48. The van der Waals surface area contributed by atoms with Crippen LogP contribution in [0.5, 0.6) is 0 Å². The van der Waals surface area contributed by atoms with Gasteiger partial charge in [-0.25, -0.2) is 4.98 Å². The van der Waals surface area contributed by atoms with Crippen LogP contribution >= 0.6 is 0 Å². The summed E-state index contributed by atoms with van der Waals surface area (Å²) in [6.45, 7) is 15.8. The van der Waals surface area contributed by atoms with Crippen molar-refractivity contribution < 1.29 is 4.74 Å². The molecule has 0 amide bonds. The van der Waals surface area contributed by atoms with E-state index in [9.17, 15) is 0 Å². The second-order valence-corrected chi connectivity index (χ2v) is 10.9. The highest BCUT2D eigenvalue weighted by atomic mass is 16.5. The molecule has 194 valence electrons. The number of aromatic nitrogens is 3. The summed E-state index contributed by atoms with van der Waals surface area (Å²) in [7, 11) is 1.79. The number of imidazole rings is 1. The van der Waals surface area contributed by atoms with Gasteiger partial charge in [0.15, 0.2) is 0 Å². The molecular formula is C29H42N6O. The van der Waals surface area contributed by atoms with Crippen molar-refractivity contribution in [3.8, 4) is 0 Å². The van der Waals surface area contributed by atoms with E-state index >= 15 is 0 Å². The smallest absolute Gasteiger partial charge is 0.138 e. The molecule has 0 aliphatic carbocycles. The van der Waals surface area contributed by atoms with Crippen LogP contribution in [0, 0.1) is 0 Å². The van der Waals surface area contributed by atoms with Gasteiger partial charge >= 0.3 is 0 Å². The van der Waals surface area contributed by atoms with Crippen LogP contribution in [0.15, 0.2) is 36.5 Å². The zero-order chi connectivity index (χ0) is 25.2. The number of hydrogen-bond acceptors (Lipinski definition) is 6. The van der Waals surface area contributed by atoms with Gasteiger partial charge in [-0.3, -0.25) is 19.2 Å². The standard InChI is InChI=1S/C29H42N6O/c1-21(2)23-9-7-13-30-29(23)25-10-8-14-34(25)19-24-26(20-36-5)35-27(31-24)11-6-12-28(35)33-17-15-32(16-18-33)22(3)4/h6-7,9,11-13,21-22,25H,8,10,14-20H2,1-5H3. The molecule has 1 unspecified atom stereocenters. The Labute approximate surface area is 216 Å². The molecule has 5 rings (SSSR count). The number of piperazine rings is 1. The minimum absolute atomic E-state index is 0.340. The molecule has 2 saturated heterocycles. The summed E-state index contributed by atoms with van der Waals surface area (Å²) in [5.41, 5.74) is 5.91. The summed E-state index contributed by atoms with van der Waals surface area (Å²) in [5.74, 6) is 1.70. The molecule has 0 saturated carbocycles. The first-order valence-electron chi connectivity index (χ1n) is 13.6. The highest BCUT2D eigenvalue weighted by Gasteiger charge is 2.31. The molecule has 7 heteroatoms. The van der Waals surface area contributed by atoms with Crippen LogP contribution in [-0.2, 0) is 17.9 Å². The SMILES string of the molecule is COCc1c(CN2CCCC2c2ncccc2C(C)C)nc2cccc(N3CCN(C(C)C)CC3)n12. The Kier molecular flexibility index (Phi) is 7.60. The first kappa shape index (κ1) is 25.2. The number of rotatable bonds is 8. The summed E-state index contributed by atoms with van der Waals surface area (Å²) in [6, 6.07) is 11.8. The average molecular weight is 491 g/mol. The Bertz CT molecular complexity index is 1160. The van der Waals surface area contributed by atoms with E-state index in [0.29, 0.717) is 24.6 Å². The third-order valence-electron chi connectivity index (χ3n) is 7.98. The molecular weight excluding hydrogens is 448 g/mol. The highest BCUT2D eigenvalue weighted by molar-refractivity contribution is 5.55. The lowest BCUT2D eigenvalue weighted by molar-refractivity contribution is 0.176. The fourth-order valence-corrected chi connectivity index (χ4v) is 6.02. The monoisotopic (exact) mass is 490 g/mol. The van der Waals surface area contributed by atoms with Gasteiger partial charge in [-0.15, -0.1) is 0 Å². The van der Waals surface area contributed by atoms with Crippen molar-refractivity contribution in [3.05, 3.63) is 59.2 Å². The highest BCUT2D eigenvalue weighted by Crippen LogP contribution is 2.36. The van der Waals surface area contributed by atoms with Crippen LogP contribution in [0.1, 0.15) is 75.1 Å². The number of fused-ring (bicyclic) bond motifs is 1. The lowest BCUT2D eigenvalue weighted by Crippen LogP contribution is -2.49. The van der Waals surface area contributed by atoms with Crippen LogP contribution in [-0.4, -0.2) is 70.0 Å². The molecule has 1 atom stereocenters. The van der Waals surface area contributed by atoms with Gasteiger partial charge in [0.1, 0.15) is 11.5 Å². The minimum atomic E-state index is 0.340. The first-order chi connectivity index (χ1) is 17.5. The Morgan fingerprint density at radius 3 is 2.53 bits per heavy atom. The summed E-state index contributed by atoms with van der Waals surface area (Å²) in [6.07, 6.45) is 4.29. The van der Waals surface area contributed by atoms with Crippen LogP contribution in [0.25, 0.3) is 5.65 Å². The van der Waals surface area contributed by atoms with Crippen molar-refractivity contribution in [1.29, 1.82) is 0 Å². The van der Waals surface area contributed by atoms with Gasteiger partial charge in [-0.2, -0.15) is 0 Å². The van der Waals surface area contributed by atoms with Crippen molar-refractivity contribution >= 4 is 11.5 Å². The minimum Gasteiger partial charge on any atom is -0.378 e. The summed E-state index contributed by atoms with van der Waals surface area (Å²) < 4.78 is 8.08. The predicted molar refractivity (Wildman–Crippen MR) is 146 cm³/mol. The van der Waals surface area contributed by atoms with Crippen molar-refractivity contribution in [2.45, 2.75) is 71.7 Å². The number of nitrogens with zero attached hydrogens (tertiary/aromatic N) is 6. The van der Waals surface area contributed by atoms with Crippen molar-refractivity contribution in [1.82, 2.24) is 24.2 Å². The van der Waals surface area contributed by atoms with E-state index in [1.807, 2.05) is 6.20 Å². The molecule has 5 heterocycles. The zero-order valence-corrected chi connectivity index (χ0v) is 22.7. The maximum Gasteiger partial charge on any atom is 0.138 e. The molecule has 36 heavy (non-hydrogen) atoms. The lowest BCUT2D eigenvalue weighted by atomic mass is 9.96. The second-order valence-electron chi connectivity index (χ2n) is 10.9. The molecule has 2 aliphatic heterocycles. The van der Waals surface area contributed by atoms with E-state index in [-0.39, 0.29) is 0 Å². The summed E-state index contributed by atoms with van der Waals surface area (Å²) in [5, 5.41) is 0. The van der Waals surface area contributed by atoms with E-state index in [0.717, 1.165) is 57.0 Å². The van der Waals surface area contributed by atoms with E-state index in [4.69, 9.17) is 14.7 Å². The van der Waals surface area contributed by atoms with E-state index in [2.05, 4.69) is 77.1 Å². The van der Waals surface area contributed by atoms with Gasteiger partial charge in [0, 0.05) is 52.1 Å². The van der Waals surface area contributed by atoms with Crippen LogP contribution < -0.4 is 4.90 Å². The maximum atomic E-state index is 5.73. The molecule has 2 aliphatic rings. The molecule has 2 fully saturated rings. The number of methoxy groups -OCH3 is 1. The van der Waals surface area contributed by atoms with Crippen molar-refractivity contribution in [2.24, 2.45) is 0 Å². The van der Waals surface area contributed by atoms with Crippen molar-refractivity contribution in [3.63, 3.8) is 0 Å². The Balaban J connectivity index is 1.46.